The van der Waals surface area contributed by atoms with Crippen LogP contribution < -0.4 is 10.2 Å². The fourth-order valence-electron chi connectivity index (χ4n) is 4.85. The van der Waals surface area contributed by atoms with Crippen molar-refractivity contribution in [3.63, 3.8) is 0 Å². The number of nitrogens with zero attached hydrogens (tertiary/aromatic N) is 5. The maximum atomic E-state index is 14.0. The molecular weight excluding hydrogens is 391 g/mol. The third-order valence-corrected chi connectivity index (χ3v) is 6.62. The molecule has 1 aromatic carbocycles. The quantitative estimate of drug-likeness (QED) is 0.312. The minimum atomic E-state index is -0.119. The van der Waals surface area contributed by atoms with Crippen molar-refractivity contribution in [3.8, 4) is 0 Å². The number of rotatable bonds is 7. The molecule has 3 heterocycles. The summed E-state index contributed by atoms with van der Waals surface area (Å²) in [5.41, 5.74) is 0.732. The molecule has 170 valence electrons. The number of halogens is 1. The summed E-state index contributed by atoms with van der Waals surface area (Å²) in [7, 11) is 0. The van der Waals surface area contributed by atoms with Gasteiger partial charge in [0.25, 0.3) is 0 Å². The van der Waals surface area contributed by atoms with Crippen LogP contribution in [0.15, 0.2) is 41.4 Å². The molecule has 1 unspecified atom stereocenters. The van der Waals surface area contributed by atoms with Crippen molar-refractivity contribution in [2.24, 2.45) is 4.99 Å². The molecule has 0 aromatic heterocycles. The van der Waals surface area contributed by atoms with Crippen LogP contribution in [-0.2, 0) is 0 Å². The highest BCUT2D eigenvalue weighted by Gasteiger charge is 2.29. The number of hydrogen-bond donors (Lipinski definition) is 1. The molecule has 0 aliphatic carbocycles. The molecule has 0 radical (unpaired) electrons. The number of para-hydroxylation sites is 1. The Morgan fingerprint density at radius 2 is 1.87 bits per heavy atom. The van der Waals surface area contributed by atoms with Gasteiger partial charge in [-0.1, -0.05) is 24.3 Å². The minimum Gasteiger partial charge on any atom is -0.367 e. The van der Waals surface area contributed by atoms with Crippen LogP contribution in [0.3, 0.4) is 0 Å². The van der Waals surface area contributed by atoms with Crippen LogP contribution >= 0.6 is 0 Å². The second-order valence-corrected chi connectivity index (χ2v) is 8.68. The van der Waals surface area contributed by atoms with E-state index in [1.54, 1.807) is 12.1 Å². The molecule has 4 rings (SSSR count). The van der Waals surface area contributed by atoms with Gasteiger partial charge in [0.2, 0.25) is 0 Å². The van der Waals surface area contributed by atoms with E-state index in [0.29, 0.717) is 6.04 Å². The summed E-state index contributed by atoms with van der Waals surface area (Å²) in [6.45, 7) is 13.0. The van der Waals surface area contributed by atoms with Crippen molar-refractivity contribution in [1.82, 2.24) is 20.0 Å². The van der Waals surface area contributed by atoms with Crippen molar-refractivity contribution in [2.45, 2.75) is 25.8 Å². The lowest BCUT2D eigenvalue weighted by atomic mass is 10.2. The molecular formula is C24H37FN6. The van der Waals surface area contributed by atoms with E-state index in [1.165, 1.54) is 6.42 Å². The molecule has 0 bridgehead atoms. The number of hydrogen-bond acceptors (Lipinski definition) is 4. The highest BCUT2D eigenvalue weighted by Crippen LogP contribution is 2.20. The molecule has 0 amide bonds. The maximum Gasteiger partial charge on any atom is 0.193 e. The fraction of sp³-hybridized carbons (Fsp3) is 0.625. The predicted octanol–water partition coefficient (Wildman–Crippen LogP) is 2.25. The van der Waals surface area contributed by atoms with Gasteiger partial charge in [0.1, 0.15) is 5.82 Å². The Hall–Kier alpha value is -2.12. The molecule has 7 heteroatoms. The lowest BCUT2D eigenvalue weighted by Gasteiger charge is -2.36. The van der Waals surface area contributed by atoms with E-state index >= 15 is 0 Å². The Kier molecular flexibility index (Phi) is 7.81. The van der Waals surface area contributed by atoms with Crippen LogP contribution in [0.25, 0.3) is 0 Å². The second-order valence-electron chi connectivity index (χ2n) is 8.68. The molecule has 0 spiro atoms. The maximum absolute atomic E-state index is 14.0. The number of aliphatic imine (C=N–C) groups is 1. The second kappa shape index (κ2) is 11.0. The smallest absolute Gasteiger partial charge is 0.193 e. The Bertz CT molecular complexity index is 750. The van der Waals surface area contributed by atoms with E-state index in [4.69, 9.17) is 4.99 Å². The van der Waals surface area contributed by atoms with Gasteiger partial charge in [-0.2, -0.15) is 0 Å². The van der Waals surface area contributed by atoms with Crippen molar-refractivity contribution < 1.29 is 4.39 Å². The first kappa shape index (κ1) is 22.1. The average Bonchev–Trinajstić information content (AvgIpc) is 3.49. The van der Waals surface area contributed by atoms with E-state index in [-0.39, 0.29) is 5.82 Å². The number of nitrogens with one attached hydrogen (secondary N) is 1. The molecule has 6 nitrogen and oxygen atoms in total. The first-order valence-electron chi connectivity index (χ1n) is 11.9. The molecule has 0 saturated carbocycles. The summed E-state index contributed by atoms with van der Waals surface area (Å²) in [5, 5.41) is 3.49. The number of likely N-dealkylation sites (tertiary alicyclic amines) is 1. The third-order valence-electron chi connectivity index (χ3n) is 6.62. The predicted molar refractivity (Wildman–Crippen MR) is 126 cm³/mol. The summed E-state index contributed by atoms with van der Waals surface area (Å²) in [5.74, 6) is 0.952. The van der Waals surface area contributed by atoms with Crippen LogP contribution in [0.1, 0.15) is 19.8 Å². The first-order chi connectivity index (χ1) is 15.2. The molecule has 2 fully saturated rings. The Morgan fingerprint density at radius 3 is 2.61 bits per heavy atom. The molecule has 1 N–H and O–H groups in total. The minimum absolute atomic E-state index is 0.119. The molecule has 3 aliphatic rings. The van der Waals surface area contributed by atoms with Crippen LogP contribution in [0, 0.1) is 5.82 Å². The number of guanidine groups is 1. The molecule has 1 atom stereocenters. The van der Waals surface area contributed by atoms with Gasteiger partial charge >= 0.3 is 0 Å². The molecule has 2 saturated heterocycles. The molecule has 1 aromatic rings. The van der Waals surface area contributed by atoms with E-state index in [9.17, 15) is 4.39 Å². The van der Waals surface area contributed by atoms with Crippen LogP contribution in [0.2, 0.25) is 0 Å². The Morgan fingerprint density at radius 1 is 1.10 bits per heavy atom. The lowest BCUT2D eigenvalue weighted by Crippen LogP contribution is -2.47. The normalized spacial score (nSPS) is 23.2. The lowest BCUT2D eigenvalue weighted by molar-refractivity contribution is 0.255. The van der Waals surface area contributed by atoms with Gasteiger partial charge < -0.3 is 15.1 Å². The van der Waals surface area contributed by atoms with Crippen LogP contribution in [-0.4, -0.2) is 98.7 Å². The van der Waals surface area contributed by atoms with Crippen molar-refractivity contribution in [2.75, 3.05) is 76.9 Å². The Balaban J connectivity index is 1.19. The number of benzene rings is 1. The van der Waals surface area contributed by atoms with Gasteiger partial charge in [-0.25, -0.2) is 4.39 Å². The molecule has 3 aliphatic heterocycles. The van der Waals surface area contributed by atoms with Gasteiger partial charge in [-0.05, 0) is 31.9 Å². The third kappa shape index (κ3) is 5.77. The zero-order chi connectivity index (χ0) is 21.5. The summed E-state index contributed by atoms with van der Waals surface area (Å²) in [6.07, 6.45) is 6.83. The summed E-state index contributed by atoms with van der Waals surface area (Å²) < 4.78 is 14.0. The van der Waals surface area contributed by atoms with Gasteiger partial charge in [0.05, 0.1) is 5.69 Å². The van der Waals surface area contributed by atoms with Gasteiger partial charge in [0.15, 0.2) is 5.96 Å². The molecule has 31 heavy (non-hydrogen) atoms. The van der Waals surface area contributed by atoms with E-state index < -0.39 is 0 Å². The van der Waals surface area contributed by atoms with Crippen molar-refractivity contribution >= 4 is 11.6 Å². The van der Waals surface area contributed by atoms with Crippen molar-refractivity contribution in [1.29, 1.82) is 0 Å². The van der Waals surface area contributed by atoms with Crippen LogP contribution in [0.4, 0.5) is 10.1 Å². The van der Waals surface area contributed by atoms with E-state index in [2.05, 4.69) is 44.0 Å². The van der Waals surface area contributed by atoms with Gasteiger partial charge in [-0.15, -0.1) is 0 Å². The SMILES string of the molecule is CCNC(=NCCCN1CCN(c2ccccc2F)CC1)N1CCC(N2CC=CC2)C1. The van der Waals surface area contributed by atoms with E-state index in [0.717, 1.165) is 90.1 Å². The number of piperazine rings is 1. The van der Waals surface area contributed by atoms with Crippen molar-refractivity contribution in [3.05, 3.63) is 42.2 Å². The standard InChI is InChI=1S/C24H37FN6/c1-2-26-24(31-15-10-21(20-31)29-13-5-6-14-29)27-11-7-12-28-16-18-30(19-17-28)23-9-4-3-8-22(23)25/h3-6,8-9,21H,2,7,10-20H2,1H3,(H,26,27). The monoisotopic (exact) mass is 428 g/mol. The number of anilines is 1. The van der Waals surface area contributed by atoms with Crippen LogP contribution in [0.5, 0.6) is 0 Å². The van der Waals surface area contributed by atoms with E-state index in [1.807, 2.05) is 12.1 Å². The highest BCUT2D eigenvalue weighted by atomic mass is 19.1. The highest BCUT2D eigenvalue weighted by molar-refractivity contribution is 5.80. The summed E-state index contributed by atoms with van der Waals surface area (Å²) >= 11 is 0. The first-order valence-corrected chi connectivity index (χ1v) is 11.9. The zero-order valence-electron chi connectivity index (χ0n) is 18.8. The van der Waals surface area contributed by atoms with Gasteiger partial charge in [0, 0.05) is 78.0 Å². The average molecular weight is 429 g/mol. The topological polar surface area (TPSA) is 37.4 Å². The fourth-order valence-corrected chi connectivity index (χ4v) is 4.85. The van der Waals surface area contributed by atoms with Gasteiger partial charge in [-0.3, -0.25) is 14.8 Å². The summed E-state index contributed by atoms with van der Waals surface area (Å²) in [4.78, 5) is 14.6. The summed E-state index contributed by atoms with van der Waals surface area (Å²) in [6, 6.07) is 7.74. The largest absolute Gasteiger partial charge is 0.367 e. The Labute approximate surface area is 186 Å². The zero-order valence-corrected chi connectivity index (χ0v) is 18.8.